The summed E-state index contributed by atoms with van der Waals surface area (Å²) < 4.78 is 40.2. The van der Waals surface area contributed by atoms with Gasteiger partial charge in [-0.2, -0.15) is 18.4 Å². The molecule has 0 atom stereocenters. The van der Waals surface area contributed by atoms with E-state index >= 15 is 0 Å². The van der Waals surface area contributed by atoms with Crippen molar-refractivity contribution in [3.8, 4) is 6.07 Å². The second kappa shape index (κ2) is 2.44. The van der Waals surface area contributed by atoms with Gasteiger partial charge in [0.1, 0.15) is 23.5 Å². The van der Waals surface area contributed by atoms with E-state index in [0.29, 0.717) is 6.26 Å². The summed E-state index contributed by atoms with van der Waals surface area (Å²) in [7, 11) is 0. The molecular formula is C6H3F3N2O. The molecule has 2 N–H and O–H groups in total. The van der Waals surface area contributed by atoms with Crippen molar-refractivity contribution in [2.75, 3.05) is 5.73 Å². The first-order chi connectivity index (χ1) is 5.46. The number of anilines is 1. The van der Waals surface area contributed by atoms with Crippen molar-refractivity contribution >= 4 is 5.88 Å². The fraction of sp³-hybridized carbons (Fsp3) is 0.167. The summed E-state index contributed by atoms with van der Waals surface area (Å²) in [5, 5.41) is 8.26. The highest BCUT2D eigenvalue weighted by Gasteiger charge is 2.36. The normalized spacial score (nSPS) is 11.2. The summed E-state index contributed by atoms with van der Waals surface area (Å²) in [5.41, 5.74) is 3.16. The lowest BCUT2D eigenvalue weighted by atomic mass is 10.2. The highest BCUT2D eigenvalue weighted by Crippen LogP contribution is 2.34. The Balaban J connectivity index is 3.28. The topological polar surface area (TPSA) is 63.0 Å². The van der Waals surface area contributed by atoms with Crippen molar-refractivity contribution in [1.29, 1.82) is 5.26 Å². The number of nitrogens with two attached hydrogens (primary N) is 1. The lowest BCUT2D eigenvalue weighted by molar-refractivity contribution is -0.138. The van der Waals surface area contributed by atoms with Crippen LogP contribution in [0.4, 0.5) is 19.1 Å². The zero-order valence-corrected chi connectivity index (χ0v) is 5.64. The van der Waals surface area contributed by atoms with Gasteiger partial charge in [0.15, 0.2) is 0 Å². The van der Waals surface area contributed by atoms with Crippen molar-refractivity contribution in [3.63, 3.8) is 0 Å². The maximum Gasteiger partial charge on any atom is 0.420 e. The van der Waals surface area contributed by atoms with Crippen molar-refractivity contribution in [3.05, 3.63) is 17.4 Å². The Kier molecular flexibility index (Phi) is 1.72. The largest absolute Gasteiger partial charge is 0.447 e. The Labute approximate surface area is 65.2 Å². The molecule has 1 aromatic heterocycles. The molecule has 12 heavy (non-hydrogen) atoms. The molecule has 0 bridgehead atoms. The first-order valence-electron chi connectivity index (χ1n) is 2.81. The van der Waals surface area contributed by atoms with Gasteiger partial charge in [-0.25, -0.2) is 0 Å². The molecular weight excluding hydrogens is 173 g/mol. The van der Waals surface area contributed by atoms with Crippen LogP contribution in [-0.4, -0.2) is 0 Å². The summed E-state index contributed by atoms with van der Waals surface area (Å²) in [6.07, 6.45) is -4.17. The third-order valence-corrected chi connectivity index (χ3v) is 1.24. The molecule has 0 fully saturated rings. The zero-order valence-electron chi connectivity index (χ0n) is 5.64. The van der Waals surface area contributed by atoms with E-state index in [1.165, 1.54) is 6.07 Å². The third kappa shape index (κ3) is 1.21. The van der Waals surface area contributed by atoms with Gasteiger partial charge < -0.3 is 10.2 Å². The van der Waals surface area contributed by atoms with Crippen molar-refractivity contribution in [1.82, 2.24) is 0 Å². The van der Waals surface area contributed by atoms with Crippen LogP contribution in [0.1, 0.15) is 11.1 Å². The molecule has 0 aliphatic carbocycles. The summed E-state index contributed by atoms with van der Waals surface area (Å²) in [6, 6.07) is 1.31. The molecule has 1 aromatic rings. The van der Waals surface area contributed by atoms with Crippen molar-refractivity contribution in [2.45, 2.75) is 6.18 Å². The molecule has 0 saturated heterocycles. The number of hydrogen-bond donors (Lipinski definition) is 1. The molecule has 1 rings (SSSR count). The van der Waals surface area contributed by atoms with Gasteiger partial charge >= 0.3 is 6.18 Å². The van der Waals surface area contributed by atoms with Crippen LogP contribution in [0.5, 0.6) is 0 Å². The Hall–Kier alpha value is -1.64. The fourth-order valence-electron chi connectivity index (χ4n) is 0.697. The zero-order chi connectivity index (χ0) is 9.35. The molecule has 0 amide bonds. The highest BCUT2D eigenvalue weighted by molar-refractivity contribution is 5.52. The Bertz CT molecular complexity index is 334. The predicted octanol–water partition coefficient (Wildman–Crippen LogP) is 1.75. The van der Waals surface area contributed by atoms with Crippen LogP contribution in [-0.2, 0) is 6.18 Å². The number of rotatable bonds is 0. The SMILES string of the molecule is N#Cc1c(C(F)(F)F)coc1N. The van der Waals surface area contributed by atoms with Crippen LogP contribution >= 0.6 is 0 Å². The molecule has 1 heterocycles. The summed E-state index contributed by atoms with van der Waals surface area (Å²) >= 11 is 0. The van der Waals surface area contributed by atoms with Crippen LogP contribution in [0.2, 0.25) is 0 Å². The number of nitrogens with zero attached hydrogens (tertiary/aromatic N) is 1. The summed E-state index contributed by atoms with van der Waals surface area (Å²) in [4.78, 5) is 0. The van der Waals surface area contributed by atoms with E-state index in [9.17, 15) is 13.2 Å². The van der Waals surface area contributed by atoms with Gasteiger partial charge in [0.2, 0.25) is 5.88 Å². The summed E-state index contributed by atoms with van der Waals surface area (Å²) in [6.45, 7) is 0. The van der Waals surface area contributed by atoms with E-state index in [1.54, 1.807) is 0 Å². The van der Waals surface area contributed by atoms with Crippen LogP contribution in [0.15, 0.2) is 10.7 Å². The molecule has 0 radical (unpaired) electrons. The number of furan rings is 1. The van der Waals surface area contributed by atoms with Crippen LogP contribution in [0.25, 0.3) is 0 Å². The van der Waals surface area contributed by atoms with Crippen molar-refractivity contribution in [2.24, 2.45) is 0 Å². The minimum absolute atomic E-state index is 0.424. The van der Waals surface area contributed by atoms with Gasteiger partial charge in [0, 0.05) is 0 Å². The number of alkyl halides is 3. The molecule has 0 unspecified atom stereocenters. The smallest absolute Gasteiger partial charge is 0.420 e. The van der Waals surface area contributed by atoms with Gasteiger partial charge in [-0.3, -0.25) is 0 Å². The van der Waals surface area contributed by atoms with E-state index in [4.69, 9.17) is 11.0 Å². The fourth-order valence-corrected chi connectivity index (χ4v) is 0.697. The average molecular weight is 176 g/mol. The lowest BCUT2D eigenvalue weighted by Gasteiger charge is -2.01. The minimum atomic E-state index is -4.59. The highest BCUT2D eigenvalue weighted by atomic mass is 19.4. The first-order valence-corrected chi connectivity index (χ1v) is 2.81. The Morgan fingerprint density at radius 1 is 1.50 bits per heavy atom. The number of nitriles is 1. The standard InChI is InChI=1S/C6H3F3N2O/c7-6(8,9)4-2-12-5(11)3(4)1-10/h2H,11H2. The van der Waals surface area contributed by atoms with E-state index in [0.717, 1.165) is 0 Å². The maximum absolute atomic E-state index is 12.0. The molecule has 0 saturated carbocycles. The molecule has 6 heteroatoms. The quantitative estimate of drug-likeness (QED) is 0.654. The Morgan fingerprint density at radius 3 is 2.42 bits per heavy atom. The van der Waals surface area contributed by atoms with Gasteiger partial charge in [0.05, 0.1) is 0 Å². The number of nitrogen functional groups attached to an aromatic ring is 1. The van der Waals surface area contributed by atoms with E-state index in [1.807, 2.05) is 0 Å². The molecule has 0 aliphatic rings. The van der Waals surface area contributed by atoms with E-state index < -0.39 is 23.2 Å². The Morgan fingerprint density at radius 2 is 2.08 bits per heavy atom. The molecule has 0 aliphatic heterocycles. The van der Waals surface area contributed by atoms with E-state index in [2.05, 4.69) is 4.42 Å². The van der Waals surface area contributed by atoms with Crippen molar-refractivity contribution < 1.29 is 17.6 Å². The second-order valence-electron chi connectivity index (χ2n) is 2.00. The minimum Gasteiger partial charge on any atom is -0.447 e. The van der Waals surface area contributed by atoms with Gasteiger partial charge in [-0.05, 0) is 0 Å². The van der Waals surface area contributed by atoms with Gasteiger partial charge in [0.25, 0.3) is 0 Å². The monoisotopic (exact) mass is 176 g/mol. The summed E-state index contributed by atoms with van der Waals surface area (Å²) in [5.74, 6) is -0.509. The third-order valence-electron chi connectivity index (χ3n) is 1.24. The number of halogens is 3. The van der Waals surface area contributed by atoms with Gasteiger partial charge in [-0.1, -0.05) is 0 Å². The predicted molar refractivity (Wildman–Crippen MR) is 32.8 cm³/mol. The second-order valence-corrected chi connectivity index (χ2v) is 2.00. The van der Waals surface area contributed by atoms with Crippen LogP contribution < -0.4 is 5.73 Å². The van der Waals surface area contributed by atoms with Gasteiger partial charge in [-0.15, -0.1) is 0 Å². The molecule has 64 valence electrons. The maximum atomic E-state index is 12.0. The van der Waals surface area contributed by atoms with E-state index in [-0.39, 0.29) is 0 Å². The van der Waals surface area contributed by atoms with Crippen LogP contribution in [0.3, 0.4) is 0 Å². The average Bonchev–Trinajstić information content (AvgIpc) is 2.29. The molecule has 3 nitrogen and oxygen atoms in total. The molecule has 0 spiro atoms. The first kappa shape index (κ1) is 8.46. The number of hydrogen-bond acceptors (Lipinski definition) is 3. The molecule has 0 aromatic carbocycles. The van der Waals surface area contributed by atoms with Crippen LogP contribution in [0, 0.1) is 11.3 Å². The lowest BCUT2D eigenvalue weighted by Crippen LogP contribution is -2.05.